The number of aryl methyl sites for hydroxylation is 1. The first-order valence-electron chi connectivity index (χ1n) is 9.28. The fourth-order valence-electron chi connectivity index (χ4n) is 3.13. The maximum atomic E-state index is 11.5. The molecule has 0 aliphatic carbocycles. The van der Waals surface area contributed by atoms with Crippen molar-refractivity contribution in [1.29, 1.82) is 0 Å². The zero-order chi connectivity index (χ0) is 21.1. The number of nitrogens with two attached hydrogens (primary N) is 1. The van der Waals surface area contributed by atoms with Crippen molar-refractivity contribution in [2.75, 3.05) is 16.7 Å². The van der Waals surface area contributed by atoms with Crippen LogP contribution in [0.3, 0.4) is 0 Å². The Bertz CT molecular complexity index is 1220. The van der Waals surface area contributed by atoms with Gasteiger partial charge in [-0.3, -0.25) is 0 Å². The zero-order valence-electron chi connectivity index (χ0n) is 16.6. The predicted octanol–water partition coefficient (Wildman–Crippen LogP) is 3.05. The van der Waals surface area contributed by atoms with Gasteiger partial charge >= 0.3 is 0 Å². The van der Waals surface area contributed by atoms with Crippen molar-refractivity contribution in [3.8, 4) is 22.6 Å². The second-order valence-electron chi connectivity index (χ2n) is 6.88. The van der Waals surface area contributed by atoms with Crippen LogP contribution in [0.15, 0.2) is 60.8 Å². The van der Waals surface area contributed by atoms with Gasteiger partial charge in [0.25, 0.3) is 0 Å². The lowest BCUT2D eigenvalue weighted by Gasteiger charge is -2.09. The molecule has 9 heteroatoms. The molecule has 0 bridgehead atoms. The number of anilines is 2. The molecular weight excluding hydrogens is 398 g/mol. The van der Waals surface area contributed by atoms with Gasteiger partial charge in [-0.1, -0.05) is 47.2 Å². The highest BCUT2D eigenvalue weighted by atomic mass is 32.2. The summed E-state index contributed by atoms with van der Waals surface area (Å²) >= 11 is 0. The normalized spacial score (nSPS) is 11.9. The number of hydrogen-bond donors (Lipinski definition) is 2. The van der Waals surface area contributed by atoms with Crippen molar-refractivity contribution in [3.63, 3.8) is 0 Å². The highest BCUT2D eigenvalue weighted by molar-refractivity contribution is 7.85. The molecule has 0 fully saturated rings. The van der Waals surface area contributed by atoms with E-state index in [9.17, 15) is 4.21 Å². The van der Waals surface area contributed by atoms with Crippen LogP contribution in [0.2, 0.25) is 0 Å². The Morgan fingerprint density at radius 3 is 2.63 bits per heavy atom. The van der Waals surface area contributed by atoms with Gasteiger partial charge in [-0.05, 0) is 30.7 Å². The maximum absolute atomic E-state index is 11.5. The van der Waals surface area contributed by atoms with E-state index >= 15 is 0 Å². The summed E-state index contributed by atoms with van der Waals surface area (Å²) in [5, 5.41) is 8.47. The van der Waals surface area contributed by atoms with Crippen molar-refractivity contribution in [2.45, 2.75) is 13.5 Å². The molecular formula is C21H21N7OS. The number of hydrogen-bond acceptors (Lipinski definition) is 6. The first kappa shape index (κ1) is 19.7. The molecule has 0 saturated carbocycles. The van der Waals surface area contributed by atoms with E-state index in [1.807, 2.05) is 67.7 Å². The molecule has 2 aromatic heterocycles. The SMILES string of the molecule is Cc1cccc(-c2cc(-c3cn(Cc4ccccc4NS(C)=O)nn3)nc(N)n2)c1. The Morgan fingerprint density at radius 1 is 1.03 bits per heavy atom. The lowest BCUT2D eigenvalue weighted by atomic mass is 10.1. The van der Waals surface area contributed by atoms with Crippen LogP contribution < -0.4 is 10.5 Å². The Kier molecular flexibility index (Phi) is 5.53. The molecule has 8 nitrogen and oxygen atoms in total. The van der Waals surface area contributed by atoms with Crippen molar-refractivity contribution >= 4 is 22.6 Å². The Labute approximate surface area is 176 Å². The summed E-state index contributed by atoms with van der Waals surface area (Å²) in [6.07, 6.45) is 3.40. The van der Waals surface area contributed by atoms with Gasteiger partial charge in [0, 0.05) is 11.8 Å². The second kappa shape index (κ2) is 8.42. The third-order valence-corrected chi connectivity index (χ3v) is 4.97. The number of nitrogens with zero attached hydrogens (tertiary/aromatic N) is 5. The lowest BCUT2D eigenvalue weighted by molar-refractivity contribution is 0.650. The fraction of sp³-hybridized carbons (Fsp3) is 0.143. The summed E-state index contributed by atoms with van der Waals surface area (Å²) in [5.41, 5.74) is 11.7. The molecule has 2 heterocycles. The summed E-state index contributed by atoms with van der Waals surface area (Å²) in [5.74, 6) is 0.179. The number of nitrogen functional groups attached to an aromatic ring is 1. The van der Waals surface area contributed by atoms with Crippen LogP contribution in [0.1, 0.15) is 11.1 Å². The van der Waals surface area contributed by atoms with Crippen molar-refractivity contribution in [1.82, 2.24) is 25.0 Å². The molecule has 0 spiro atoms. The molecule has 1 unspecified atom stereocenters. The summed E-state index contributed by atoms with van der Waals surface area (Å²) in [6, 6.07) is 17.5. The highest BCUT2D eigenvalue weighted by Gasteiger charge is 2.12. The Hall–Kier alpha value is -3.59. The van der Waals surface area contributed by atoms with E-state index in [-0.39, 0.29) is 5.95 Å². The minimum Gasteiger partial charge on any atom is -0.368 e. The predicted molar refractivity (Wildman–Crippen MR) is 119 cm³/mol. The maximum Gasteiger partial charge on any atom is 0.221 e. The average Bonchev–Trinajstić information content (AvgIpc) is 3.17. The standard InChI is InChI=1S/C21H21N7OS/c1-14-6-5-8-15(10-14)18-11-19(24-21(22)23-18)20-13-28(27-25-20)12-16-7-3-4-9-17(16)26-30(2)29/h3-11,13,26H,12H2,1-2H3,(H2,22,23,24). The third kappa shape index (κ3) is 4.52. The number of nitrogens with one attached hydrogen (secondary N) is 1. The summed E-state index contributed by atoms with van der Waals surface area (Å²) in [7, 11) is -1.16. The first-order chi connectivity index (χ1) is 14.5. The third-order valence-electron chi connectivity index (χ3n) is 4.46. The van der Waals surface area contributed by atoms with E-state index in [0.717, 1.165) is 28.1 Å². The van der Waals surface area contributed by atoms with E-state index in [1.165, 1.54) is 0 Å². The Balaban J connectivity index is 1.63. The lowest BCUT2D eigenvalue weighted by Crippen LogP contribution is -2.07. The number of aromatic nitrogens is 5. The quantitative estimate of drug-likeness (QED) is 0.497. The van der Waals surface area contributed by atoms with Crippen LogP contribution in [-0.2, 0) is 17.5 Å². The van der Waals surface area contributed by atoms with Gasteiger partial charge in [-0.25, -0.2) is 18.9 Å². The molecule has 152 valence electrons. The van der Waals surface area contributed by atoms with E-state index in [2.05, 4.69) is 25.0 Å². The van der Waals surface area contributed by atoms with Crippen molar-refractivity contribution in [3.05, 3.63) is 71.9 Å². The topological polar surface area (TPSA) is 112 Å². The van der Waals surface area contributed by atoms with Crippen LogP contribution in [-0.4, -0.2) is 35.4 Å². The van der Waals surface area contributed by atoms with Gasteiger partial charge in [0.15, 0.2) is 0 Å². The molecule has 3 N–H and O–H groups in total. The van der Waals surface area contributed by atoms with Crippen LogP contribution in [0.5, 0.6) is 0 Å². The summed E-state index contributed by atoms with van der Waals surface area (Å²) < 4.78 is 16.2. The van der Waals surface area contributed by atoms with Gasteiger partial charge < -0.3 is 10.5 Å². The number of benzene rings is 2. The van der Waals surface area contributed by atoms with E-state index in [4.69, 9.17) is 5.73 Å². The van der Waals surface area contributed by atoms with Gasteiger partial charge in [-0.2, -0.15) is 0 Å². The highest BCUT2D eigenvalue weighted by Crippen LogP contribution is 2.24. The molecule has 30 heavy (non-hydrogen) atoms. The van der Waals surface area contributed by atoms with Crippen LogP contribution in [0.25, 0.3) is 22.6 Å². The molecule has 0 aliphatic rings. The molecule has 1 atom stereocenters. The molecule has 0 radical (unpaired) electrons. The fourth-order valence-corrected chi connectivity index (χ4v) is 3.64. The first-order valence-corrected chi connectivity index (χ1v) is 10.8. The second-order valence-corrected chi connectivity index (χ2v) is 7.99. The average molecular weight is 420 g/mol. The van der Waals surface area contributed by atoms with E-state index in [1.54, 1.807) is 10.9 Å². The number of rotatable bonds is 6. The largest absolute Gasteiger partial charge is 0.368 e. The van der Waals surface area contributed by atoms with Gasteiger partial charge in [0.1, 0.15) is 16.7 Å². The van der Waals surface area contributed by atoms with Gasteiger partial charge in [-0.15, -0.1) is 5.10 Å². The Morgan fingerprint density at radius 2 is 1.83 bits per heavy atom. The molecule has 0 aliphatic heterocycles. The van der Waals surface area contributed by atoms with Gasteiger partial charge in [0.2, 0.25) is 5.95 Å². The van der Waals surface area contributed by atoms with Crippen LogP contribution in [0.4, 0.5) is 11.6 Å². The summed E-state index contributed by atoms with van der Waals surface area (Å²) in [6.45, 7) is 2.50. The summed E-state index contributed by atoms with van der Waals surface area (Å²) in [4.78, 5) is 8.69. The minimum absolute atomic E-state index is 0.179. The van der Waals surface area contributed by atoms with Gasteiger partial charge in [0.05, 0.1) is 29.8 Å². The monoisotopic (exact) mass is 419 g/mol. The van der Waals surface area contributed by atoms with Crippen molar-refractivity contribution < 1.29 is 4.21 Å². The molecule has 0 amide bonds. The van der Waals surface area contributed by atoms with Crippen molar-refractivity contribution in [2.24, 2.45) is 0 Å². The zero-order valence-corrected chi connectivity index (χ0v) is 17.4. The molecule has 4 rings (SSSR count). The van der Waals surface area contributed by atoms with E-state index in [0.29, 0.717) is 17.9 Å². The smallest absolute Gasteiger partial charge is 0.221 e. The van der Waals surface area contributed by atoms with E-state index < -0.39 is 11.0 Å². The molecule has 0 saturated heterocycles. The minimum atomic E-state index is -1.16. The van der Waals surface area contributed by atoms with Crippen LogP contribution in [0, 0.1) is 6.92 Å². The van der Waals surface area contributed by atoms with Crippen LogP contribution >= 0.6 is 0 Å². The number of para-hydroxylation sites is 1. The molecule has 2 aromatic carbocycles. The molecule has 4 aromatic rings.